The first-order chi connectivity index (χ1) is 8.16. The zero-order chi connectivity index (χ0) is 12.3. The summed E-state index contributed by atoms with van der Waals surface area (Å²) in [4.78, 5) is 16.7. The average molecular weight is 238 g/mol. The summed E-state index contributed by atoms with van der Waals surface area (Å²) in [6, 6.07) is 0.613. The van der Waals surface area contributed by atoms with Crippen LogP contribution in [0.1, 0.15) is 46.0 Å². The molecule has 1 heterocycles. The molecule has 0 N–H and O–H groups in total. The van der Waals surface area contributed by atoms with Gasteiger partial charge in [0.15, 0.2) is 0 Å². The highest BCUT2D eigenvalue weighted by atomic mass is 16.2. The predicted octanol–water partition coefficient (Wildman–Crippen LogP) is 2.12. The Labute approximate surface area is 105 Å². The number of hydrogen-bond donors (Lipinski definition) is 0. The van der Waals surface area contributed by atoms with E-state index in [0.717, 1.165) is 32.6 Å². The minimum absolute atomic E-state index is 0.403. The van der Waals surface area contributed by atoms with Crippen LogP contribution in [0.15, 0.2) is 0 Å². The molecule has 0 atom stereocenters. The third kappa shape index (κ3) is 3.44. The van der Waals surface area contributed by atoms with E-state index in [2.05, 4.69) is 23.6 Å². The van der Waals surface area contributed by atoms with Crippen molar-refractivity contribution < 1.29 is 4.79 Å². The molecule has 0 aromatic rings. The van der Waals surface area contributed by atoms with Crippen molar-refractivity contribution in [2.24, 2.45) is 5.92 Å². The average Bonchev–Trinajstić information content (AvgIpc) is 2.82. The van der Waals surface area contributed by atoms with E-state index in [1.807, 2.05) is 0 Å². The van der Waals surface area contributed by atoms with Gasteiger partial charge in [0.25, 0.3) is 0 Å². The number of hydrogen-bond acceptors (Lipinski definition) is 2. The van der Waals surface area contributed by atoms with Crippen LogP contribution in [0.25, 0.3) is 0 Å². The second-order valence-corrected chi connectivity index (χ2v) is 5.87. The number of amides is 1. The molecule has 98 valence electrons. The normalized spacial score (nSPS) is 23.6. The quantitative estimate of drug-likeness (QED) is 0.752. The maximum Gasteiger partial charge on any atom is 0.222 e. The second kappa shape index (κ2) is 5.85. The van der Waals surface area contributed by atoms with E-state index in [-0.39, 0.29) is 0 Å². The lowest BCUT2D eigenvalue weighted by atomic mass is 10.0. The van der Waals surface area contributed by atoms with E-state index in [1.54, 1.807) is 0 Å². The molecular weight excluding hydrogens is 212 g/mol. The van der Waals surface area contributed by atoms with E-state index < -0.39 is 0 Å². The lowest BCUT2D eigenvalue weighted by molar-refractivity contribution is -0.134. The third-order valence-electron chi connectivity index (χ3n) is 4.34. The Morgan fingerprint density at radius 1 is 1.12 bits per heavy atom. The SMILES string of the molecule is CC(C)N1CCN(C(=O)CC2CCCC2)CC1. The van der Waals surface area contributed by atoms with Gasteiger partial charge in [-0.2, -0.15) is 0 Å². The first kappa shape index (κ1) is 12.9. The Hall–Kier alpha value is -0.570. The first-order valence-corrected chi connectivity index (χ1v) is 7.18. The Morgan fingerprint density at radius 3 is 2.24 bits per heavy atom. The van der Waals surface area contributed by atoms with Crippen LogP contribution in [0.5, 0.6) is 0 Å². The standard InChI is InChI=1S/C14H26N2O/c1-12(2)15-7-9-16(10-8-15)14(17)11-13-5-3-4-6-13/h12-13H,3-11H2,1-2H3. The predicted molar refractivity (Wildman–Crippen MR) is 69.9 cm³/mol. The molecular formula is C14H26N2O. The van der Waals surface area contributed by atoms with Gasteiger partial charge in [-0.25, -0.2) is 0 Å². The molecule has 0 aromatic carbocycles. The third-order valence-corrected chi connectivity index (χ3v) is 4.34. The fourth-order valence-electron chi connectivity index (χ4n) is 3.08. The van der Waals surface area contributed by atoms with E-state index in [9.17, 15) is 4.79 Å². The largest absolute Gasteiger partial charge is 0.340 e. The van der Waals surface area contributed by atoms with Crippen molar-refractivity contribution in [1.82, 2.24) is 9.80 Å². The highest BCUT2D eigenvalue weighted by molar-refractivity contribution is 5.76. The molecule has 1 saturated heterocycles. The Morgan fingerprint density at radius 2 is 1.71 bits per heavy atom. The molecule has 3 heteroatoms. The molecule has 1 aliphatic heterocycles. The van der Waals surface area contributed by atoms with Crippen molar-refractivity contribution in [3.63, 3.8) is 0 Å². The molecule has 0 spiro atoms. The fourth-order valence-corrected chi connectivity index (χ4v) is 3.08. The van der Waals surface area contributed by atoms with Gasteiger partial charge in [0.1, 0.15) is 0 Å². The van der Waals surface area contributed by atoms with Gasteiger partial charge in [0, 0.05) is 38.6 Å². The zero-order valence-electron chi connectivity index (χ0n) is 11.3. The van der Waals surface area contributed by atoms with E-state index in [4.69, 9.17) is 0 Å². The van der Waals surface area contributed by atoms with Crippen molar-refractivity contribution in [2.45, 2.75) is 52.0 Å². The smallest absolute Gasteiger partial charge is 0.222 e. The van der Waals surface area contributed by atoms with Gasteiger partial charge in [-0.15, -0.1) is 0 Å². The van der Waals surface area contributed by atoms with Crippen LogP contribution in [-0.4, -0.2) is 47.9 Å². The molecule has 3 nitrogen and oxygen atoms in total. The summed E-state index contributed by atoms with van der Waals surface area (Å²) < 4.78 is 0. The Balaban J connectivity index is 1.74. The summed E-state index contributed by atoms with van der Waals surface area (Å²) in [5, 5.41) is 0. The van der Waals surface area contributed by atoms with Gasteiger partial charge in [0.05, 0.1) is 0 Å². The maximum atomic E-state index is 12.1. The van der Waals surface area contributed by atoms with Gasteiger partial charge in [-0.05, 0) is 32.6 Å². The van der Waals surface area contributed by atoms with Gasteiger partial charge in [0.2, 0.25) is 5.91 Å². The fraction of sp³-hybridized carbons (Fsp3) is 0.929. The van der Waals surface area contributed by atoms with Crippen LogP contribution < -0.4 is 0 Å². The minimum atomic E-state index is 0.403. The molecule has 17 heavy (non-hydrogen) atoms. The molecule has 0 radical (unpaired) electrons. The lowest BCUT2D eigenvalue weighted by Gasteiger charge is -2.37. The van der Waals surface area contributed by atoms with Gasteiger partial charge in [-0.1, -0.05) is 12.8 Å². The van der Waals surface area contributed by atoms with Crippen molar-refractivity contribution in [1.29, 1.82) is 0 Å². The Bertz CT molecular complexity index is 251. The molecule has 1 amide bonds. The van der Waals surface area contributed by atoms with Gasteiger partial charge >= 0.3 is 0 Å². The molecule has 0 aromatic heterocycles. The number of piperazine rings is 1. The Kier molecular flexibility index (Phi) is 4.43. The van der Waals surface area contributed by atoms with E-state index >= 15 is 0 Å². The highest BCUT2D eigenvalue weighted by Gasteiger charge is 2.25. The molecule has 2 fully saturated rings. The van der Waals surface area contributed by atoms with Gasteiger partial charge < -0.3 is 4.90 Å². The molecule has 2 rings (SSSR count). The zero-order valence-corrected chi connectivity index (χ0v) is 11.3. The van der Waals surface area contributed by atoms with Crippen molar-refractivity contribution in [2.75, 3.05) is 26.2 Å². The first-order valence-electron chi connectivity index (χ1n) is 7.18. The number of carbonyl (C=O) groups excluding carboxylic acids is 1. The maximum absolute atomic E-state index is 12.1. The highest BCUT2D eigenvalue weighted by Crippen LogP contribution is 2.28. The van der Waals surface area contributed by atoms with E-state index in [0.29, 0.717) is 17.9 Å². The summed E-state index contributed by atoms with van der Waals surface area (Å²) in [6.07, 6.45) is 6.02. The van der Waals surface area contributed by atoms with Crippen molar-refractivity contribution in [3.8, 4) is 0 Å². The van der Waals surface area contributed by atoms with Crippen LogP contribution in [0.4, 0.5) is 0 Å². The number of nitrogens with zero attached hydrogens (tertiary/aromatic N) is 2. The van der Waals surface area contributed by atoms with Crippen molar-refractivity contribution >= 4 is 5.91 Å². The summed E-state index contributed by atoms with van der Waals surface area (Å²) in [6.45, 7) is 8.43. The molecule has 0 unspecified atom stereocenters. The number of rotatable bonds is 3. The van der Waals surface area contributed by atoms with Crippen molar-refractivity contribution in [3.05, 3.63) is 0 Å². The summed E-state index contributed by atoms with van der Waals surface area (Å²) in [5.74, 6) is 1.09. The summed E-state index contributed by atoms with van der Waals surface area (Å²) in [5.41, 5.74) is 0. The topological polar surface area (TPSA) is 23.6 Å². The summed E-state index contributed by atoms with van der Waals surface area (Å²) in [7, 11) is 0. The second-order valence-electron chi connectivity index (χ2n) is 5.87. The van der Waals surface area contributed by atoms with Crippen LogP contribution in [0, 0.1) is 5.92 Å². The van der Waals surface area contributed by atoms with Crippen LogP contribution in [0.3, 0.4) is 0 Å². The molecule has 1 aliphatic carbocycles. The molecule has 1 saturated carbocycles. The molecule has 2 aliphatic rings. The number of carbonyl (C=O) groups is 1. The monoisotopic (exact) mass is 238 g/mol. The molecule has 0 bridgehead atoms. The van der Waals surface area contributed by atoms with Gasteiger partial charge in [-0.3, -0.25) is 9.69 Å². The van der Waals surface area contributed by atoms with Crippen LogP contribution >= 0.6 is 0 Å². The van der Waals surface area contributed by atoms with Crippen LogP contribution in [0.2, 0.25) is 0 Å². The lowest BCUT2D eigenvalue weighted by Crippen LogP contribution is -2.50. The van der Waals surface area contributed by atoms with Crippen LogP contribution in [-0.2, 0) is 4.79 Å². The summed E-state index contributed by atoms with van der Waals surface area (Å²) >= 11 is 0. The minimum Gasteiger partial charge on any atom is -0.340 e. The van der Waals surface area contributed by atoms with E-state index in [1.165, 1.54) is 25.7 Å².